The number of aromatic nitrogens is 2. The fourth-order valence-corrected chi connectivity index (χ4v) is 6.03. The number of carbonyl (C=O) groups excluding carboxylic acids is 1. The summed E-state index contributed by atoms with van der Waals surface area (Å²) in [7, 11) is 0. The van der Waals surface area contributed by atoms with E-state index in [-0.39, 0.29) is 5.82 Å². The lowest BCUT2D eigenvalue weighted by atomic mass is 9.63. The summed E-state index contributed by atoms with van der Waals surface area (Å²) >= 11 is 0. The van der Waals surface area contributed by atoms with E-state index in [2.05, 4.69) is 17.2 Å². The second kappa shape index (κ2) is 14.5. The monoisotopic (exact) mass is 571 g/mol. The van der Waals surface area contributed by atoms with Crippen molar-refractivity contribution >= 4 is 17.7 Å². The predicted molar refractivity (Wildman–Crippen MR) is 143 cm³/mol. The van der Waals surface area contributed by atoms with Gasteiger partial charge < -0.3 is 25.4 Å². The van der Waals surface area contributed by atoms with Crippen LogP contribution in [0.1, 0.15) is 103 Å². The molecule has 2 heterocycles. The number of anilines is 1. The Kier molecular flexibility index (Phi) is 11.6. The molecule has 0 aromatic carbocycles. The van der Waals surface area contributed by atoms with Gasteiger partial charge in [0.2, 0.25) is 12.1 Å². The average molecular weight is 572 g/mol. The number of rotatable bonds is 15. The van der Waals surface area contributed by atoms with E-state index >= 15 is 0 Å². The van der Waals surface area contributed by atoms with Crippen molar-refractivity contribution in [2.24, 2.45) is 11.3 Å². The van der Waals surface area contributed by atoms with Gasteiger partial charge in [0.15, 0.2) is 6.10 Å². The quantitative estimate of drug-likeness (QED) is 0.228. The van der Waals surface area contributed by atoms with Gasteiger partial charge in [-0.3, -0.25) is 14.2 Å². The molecule has 1 saturated heterocycles. The zero-order chi connectivity index (χ0) is 29.3. The van der Waals surface area contributed by atoms with Gasteiger partial charge in [0.1, 0.15) is 11.9 Å². The van der Waals surface area contributed by atoms with E-state index in [1.807, 2.05) is 0 Å². The van der Waals surface area contributed by atoms with Crippen LogP contribution in [0.25, 0.3) is 0 Å². The number of carboxylic acid groups (broad SMARTS) is 1. The Morgan fingerprint density at radius 3 is 2.35 bits per heavy atom. The minimum atomic E-state index is -3.86. The van der Waals surface area contributed by atoms with Crippen molar-refractivity contribution in [3.63, 3.8) is 0 Å². The number of aliphatic hydroxyl groups excluding tert-OH is 2. The normalized spacial score (nSPS) is 27.9. The van der Waals surface area contributed by atoms with Crippen molar-refractivity contribution in [3.05, 3.63) is 22.7 Å². The number of nitrogens with one attached hydrogen (secondary N) is 1. The summed E-state index contributed by atoms with van der Waals surface area (Å²) in [6.45, 7) is 1.32. The lowest BCUT2D eigenvalue weighted by molar-refractivity contribution is -0.159. The zero-order valence-corrected chi connectivity index (χ0v) is 23.2. The molecule has 2 fully saturated rings. The van der Waals surface area contributed by atoms with E-state index in [1.54, 1.807) is 0 Å². The first-order chi connectivity index (χ1) is 19.1. The maximum Gasteiger partial charge on any atom is 0.351 e. The summed E-state index contributed by atoms with van der Waals surface area (Å²) in [5, 5.41) is 31.6. The Labute approximate surface area is 233 Å². The van der Waals surface area contributed by atoms with E-state index in [9.17, 15) is 33.4 Å². The molecule has 5 atom stereocenters. The standard InChI is InChI=1S/C28H43F2N3O7/c1-2-3-4-5-6-7-8-9-11-15-27(25(37)38)16-12-10-13-19(27)23(36)31-21-14-17-33(26(39)32-21)24-28(29,30)22(35)20(18-34)40-24/h14,17,19-20,22,24,34-35H,2-13,15-16,18H2,1H3,(H,37,38)(H,31,32,36,39). The molecule has 40 heavy (non-hydrogen) atoms. The maximum atomic E-state index is 14.5. The van der Waals surface area contributed by atoms with Crippen LogP contribution in [0.3, 0.4) is 0 Å². The van der Waals surface area contributed by atoms with Crippen molar-refractivity contribution < 1.29 is 38.4 Å². The second-order valence-corrected chi connectivity index (χ2v) is 11.2. The summed E-state index contributed by atoms with van der Waals surface area (Å²) in [6, 6.07) is 1.14. The molecule has 3 rings (SSSR count). The number of ether oxygens (including phenoxy) is 1. The molecule has 5 unspecified atom stereocenters. The van der Waals surface area contributed by atoms with Gasteiger partial charge in [-0.15, -0.1) is 0 Å². The van der Waals surface area contributed by atoms with Gasteiger partial charge in [0, 0.05) is 6.20 Å². The fourth-order valence-electron chi connectivity index (χ4n) is 6.03. The van der Waals surface area contributed by atoms with Gasteiger partial charge in [-0.25, -0.2) is 4.79 Å². The highest BCUT2D eigenvalue weighted by molar-refractivity contribution is 5.95. The first-order valence-corrected chi connectivity index (χ1v) is 14.5. The Morgan fingerprint density at radius 1 is 1.12 bits per heavy atom. The Morgan fingerprint density at radius 2 is 1.77 bits per heavy atom. The molecule has 1 aromatic rings. The van der Waals surface area contributed by atoms with Crippen LogP contribution in [0.4, 0.5) is 14.6 Å². The molecule has 4 N–H and O–H groups in total. The Hall–Kier alpha value is -2.44. The largest absolute Gasteiger partial charge is 0.481 e. The van der Waals surface area contributed by atoms with Gasteiger partial charge in [-0.05, 0) is 25.3 Å². The average Bonchev–Trinajstić information content (AvgIpc) is 3.15. The van der Waals surface area contributed by atoms with E-state index < -0.39 is 59.9 Å². The van der Waals surface area contributed by atoms with Crippen LogP contribution in [0.2, 0.25) is 0 Å². The predicted octanol–water partition coefficient (Wildman–Crippen LogP) is 4.25. The summed E-state index contributed by atoms with van der Waals surface area (Å²) < 4.78 is 34.4. The van der Waals surface area contributed by atoms with Gasteiger partial charge in [0.25, 0.3) is 0 Å². The van der Waals surface area contributed by atoms with Gasteiger partial charge in [0.05, 0.1) is 17.9 Å². The molecular weight excluding hydrogens is 528 g/mol. The molecular formula is C28H43F2N3O7. The minimum Gasteiger partial charge on any atom is -0.481 e. The third kappa shape index (κ3) is 7.25. The molecule has 1 aliphatic heterocycles. The van der Waals surface area contributed by atoms with Crippen molar-refractivity contribution in [1.29, 1.82) is 0 Å². The SMILES string of the molecule is CCCCCCCCCCCC1(C(=O)O)CCCCC1C(=O)Nc1ccn(C2OC(CO)C(O)C2(F)F)c(=O)n1. The molecule has 0 radical (unpaired) electrons. The van der Waals surface area contributed by atoms with E-state index in [0.29, 0.717) is 43.1 Å². The smallest absolute Gasteiger partial charge is 0.351 e. The maximum absolute atomic E-state index is 14.5. The van der Waals surface area contributed by atoms with Crippen LogP contribution < -0.4 is 11.0 Å². The number of unbranched alkanes of at least 4 members (excludes halogenated alkanes) is 8. The number of alkyl halides is 2. The molecule has 0 bridgehead atoms. The minimum absolute atomic E-state index is 0.195. The van der Waals surface area contributed by atoms with Crippen LogP contribution in [-0.2, 0) is 14.3 Å². The number of amides is 1. The molecule has 12 heteroatoms. The van der Waals surface area contributed by atoms with Crippen molar-refractivity contribution in [2.75, 3.05) is 11.9 Å². The number of hydrogen-bond donors (Lipinski definition) is 4. The van der Waals surface area contributed by atoms with Crippen LogP contribution in [0.15, 0.2) is 17.1 Å². The van der Waals surface area contributed by atoms with Gasteiger partial charge in [-0.1, -0.05) is 77.6 Å². The number of carbonyl (C=O) groups is 2. The van der Waals surface area contributed by atoms with Crippen molar-refractivity contribution in [1.82, 2.24) is 9.55 Å². The van der Waals surface area contributed by atoms with Crippen LogP contribution in [-0.4, -0.2) is 61.5 Å². The highest BCUT2D eigenvalue weighted by Crippen LogP contribution is 2.46. The number of halogens is 2. The van der Waals surface area contributed by atoms with E-state index in [1.165, 1.54) is 32.1 Å². The topological polar surface area (TPSA) is 151 Å². The summed E-state index contributed by atoms with van der Waals surface area (Å²) in [4.78, 5) is 42.1. The number of aliphatic hydroxyl groups is 2. The molecule has 1 aromatic heterocycles. The third-order valence-electron chi connectivity index (χ3n) is 8.39. The molecule has 226 valence electrons. The lowest BCUT2D eigenvalue weighted by Crippen LogP contribution is -2.47. The Balaban J connectivity index is 1.64. The van der Waals surface area contributed by atoms with E-state index in [0.717, 1.165) is 31.5 Å². The molecule has 10 nitrogen and oxygen atoms in total. The first-order valence-electron chi connectivity index (χ1n) is 14.5. The number of nitrogens with zero attached hydrogens (tertiary/aromatic N) is 2. The molecule has 1 amide bonds. The molecule has 2 aliphatic rings. The van der Waals surface area contributed by atoms with E-state index in [4.69, 9.17) is 9.84 Å². The molecule has 0 spiro atoms. The Bertz CT molecular complexity index is 1050. The number of aliphatic carboxylic acids is 1. The van der Waals surface area contributed by atoms with Crippen molar-refractivity contribution in [2.45, 2.75) is 121 Å². The van der Waals surface area contributed by atoms with Crippen LogP contribution in [0, 0.1) is 11.3 Å². The molecule has 1 aliphatic carbocycles. The number of hydrogen-bond acceptors (Lipinski definition) is 7. The van der Waals surface area contributed by atoms with Crippen molar-refractivity contribution in [3.8, 4) is 0 Å². The second-order valence-electron chi connectivity index (χ2n) is 11.2. The number of carboxylic acids is 1. The zero-order valence-electron chi connectivity index (χ0n) is 23.2. The van der Waals surface area contributed by atoms with Crippen LogP contribution in [0.5, 0.6) is 0 Å². The summed E-state index contributed by atoms with van der Waals surface area (Å²) in [5.41, 5.74) is -2.37. The highest BCUT2D eigenvalue weighted by Gasteiger charge is 2.59. The first kappa shape index (κ1) is 32.1. The van der Waals surface area contributed by atoms with Gasteiger partial charge in [-0.2, -0.15) is 13.8 Å². The summed E-state index contributed by atoms with van der Waals surface area (Å²) in [6.07, 6.45) is 7.28. The fraction of sp³-hybridized carbons (Fsp3) is 0.786. The summed E-state index contributed by atoms with van der Waals surface area (Å²) in [5.74, 6) is -6.45. The molecule has 1 saturated carbocycles. The lowest BCUT2D eigenvalue weighted by Gasteiger charge is -2.40. The third-order valence-corrected chi connectivity index (χ3v) is 8.39. The van der Waals surface area contributed by atoms with Gasteiger partial charge >= 0.3 is 17.6 Å². The highest BCUT2D eigenvalue weighted by atomic mass is 19.3. The van der Waals surface area contributed by atoms with Crippen LogP contribution >= 0.6 is 0 Å².